The summed E-state index contributed by atoms with van der Waals surface area (Å²) in [5.41, 5.74) is 19.7. The molecule has 0 bridgehead atoms. The molecule has 4 nitrogen and oxygen atoms in total. The molecule has 0 fully saturated rings. The van der Waals surface area contributed by atoms with E-state index in [2.05, 4.69) is 252 Å². The molecule has 4 heteroatoms. The zero-order valence-electron chi connectivity index (χ0n) is 37.8. The first-order valence-electron chi connectivity index (χ1n) is 23.9. The standard InChI is InChI=1S/C66H40N2O2/c1-5-13-41(14-6-1)43-21-27-59-51(33-43)53-35-45(23-29-61(53)67(59)49-17-9-3-10-18-49)47-25-31-63-55(37-47)57-39-58-56-38-48(26-32-64(56)70-66(58)40-65(57)69-63)46-24-30-62-54(36-46)52-34-44(42-15-7-2-8-16-42)22-28-60(52)68(62)50-19-11-4-12-20-50/h1-40H. The lowest BCUT2D eigenvalue weighted by molar-refractivity contribution is 0.656. The number of aromatic nitrogens is 2. The molecular formula is C66H40N2O2. The minimum Gasteiger partial charge on any atom is -0.456 e. The van der Waals surface area contributed by atoms with Crippen LogP contribution in [0.1, 0.15) is 0 Å². The summed E-state index contributed by atoms with van der Waals surface area (Å²) in [4.78, 5) is 0. The van der Waals surface area contributed by atoms with Crippen LogP contribution in [0.15, 0.2) is 251 Å². The van der Waals surface area contributed by atoms with E-state index in [1.165, 1.54) is 65.9 Å². The largest absolute Gasteiger partial charge is 0.456 e. The molecule has 0 amide bonds. The number of hydrogen-bond donors (Lipinski definition) is 0. The molecule has 70 heavy (non-hydrogen) atoms. The van der Waals surface area contributed by atoms with Crippen LogP contribution in [0, 0.1) is 0 Å². The lowest BCUT2D eigenvalue weighted by Gasteiger charge is -2.08. The van der Waals surface area contributed by atoms with Crippen LogP contribution in [-0.2, 0) is 0 Å². The predicted molar refractivity (Wildman–Crippen MR) is 291 cm³/mol. The summed E-state index contributed by atoms with van der Waals surface area (Å²) in [5.74, 6) is 0. The number of furan rings is 2. The maximum Gasteiger partial charge on any atom is 0.139 e. The number of hydrogen-bond acceptors (Lipinski definition) is 2. The van der Waals surface area contributed by atoms with E-state index in [0.717, 1.165) is 77.5 Å². The first kappa shape index (κ1) is 38.7. The molecule has 0 unspecified atom stereocenters. The molecule has 15 aromatic rings. The molecule has 0 aliphatic heterocycles. The summed E-state index contributed by atoms with van der Waals surface area (Å²) in [6.45, 7) is 0. The molecule has 11 aromatic carbocycles. The van der Waals surface area contributed by atoms with Gasteiger partial charge in [0.2, 0.25) is 0 Å². The Morgan fingerprint density at radius 2 is 0.486 bits per heavy atom. The van der Waals surface area contributed by atoms with E-state index in [4.69, 9.17) is 8.83 Å². The molecule has 0 spiro atoms. The summed E-state index contributed by atoms with van der Waals surface area (Å²) < 4.78 is 17.9. The smallest absolute Gasteiger partial charge is 0.139 e. The summed E-state index contributed by atoms with van der Waals surface area (Å²) in [7, 11) is 0. The van der Waals surface area contributed by atoms with Crippen molar-refractivity contribution >= 4 is 87.5 Å². The van der Waals surface area contributed by atoms with Gasteiger partial charge < -0.3 is 18.0 Å². The second-order valence-corrected chi connectivity index (χ2v) is 18.5. The molecule has 4 heterocycles. The van der Waals surface area contributed by atoms with Crippen LogP contribution in [0.4, 0.5) is 0 Å². The average Bonchev–Trinajstić information content (AvgIpc) is 4.17. The predicted octanol–water partition coefficient (Wildman–Crippen LogP) is 18.3. The first-order valence-corrected chi connectivity index (χ1v) is 23.9. The van der Waals surface area contributed by atoms with Gasteiger partial charge in [0, 0.05) is 60.5 Å². The Balaban J connectivity index is 0.858. The molecule has 0 radical (unpaired) electrons. The highest BCUT2D eigenvalue weighted by Gasteiger charge is 2.19. The molecule has 0 aliphatic rings. The van der Waals surface area contributed by atoms with Crippen molar-refractivity contribution in [2.45, 2.75) is 0 Å². The third-order valence-electron chi connectivity index (χ3n) is 14.5. The summed E-state index contributed by atoms with van der Waals surface area (Å²) >= 11 is 0. The third kappa shape index (κ3) is 5.97. The minimum atomic E-state index is 0.809. The van der Waals surface area contributed by atoms with Gasteiger partial charge in [0.05, 0.1) is 22.1 Å². The fourth-order valence-electron chi connectivity index (χ4n) is 11.1. The highest BCUT2D eigenvalue weighted by Crippen LogP contribution is 2.43. The fourth-order valence-corrected chi connectivity index (χ4v) is 11.1. The van der Waals surface area contributed by atoms with Gasteiger partial charge in [-0.25, -0.2) is 0 Å². The average molecular weight is 893 g/mol. The molecule has 0 saturated heterocycles. The molecule has 0 aliphatic carbocycles. The van der Waals surface area contributed by atoms with Crippen LogP contribution in [0.25, 0.3) is 143 Å². The molecule has 0 N–H and O–H groups in total. The van der Waals surface area contributed by atoms with Gasteiger partial charge in [-0.2, -0.15) is 0 Å². The van der Waals surface area contributed by atoms with Crippen LogP contribution in [0.2, 0.25) is 0 Å². The highest BCUT2D eigenvalue weighted by atomic mass is 16.3. The summed E-state index contributed by atoms with van der Waals surface area (Å²) in [6.07, 6.45) is 0. The number of fused-ring (bicyclic) bond motifs is 12. The van der Waals surface area contributed by atoms with Crippen LogP contribution in [0.3, 0.4) is 0 Å². The third-order valence-corrected chi connectivity index (χ3v) is 14.5. The van der Waals surface area contributed by atoms with Gasteiger partial charge in [-0.1, -0.05) is 133 Å². The molecule has 15 rings (SSSR count). The van der Waals surface area contributed by atoms with Crippen molar-refractivity contribution in [1.82, 2.24) is 9.13 Å². The Labute approximate surface area is 402 Å². The monoisotopic (exact) mass is 892 g/mol. The van der Waals surface area contributed by atoms with Crippen molar-refractivity contribution in [3.05, 3.63) is 243 Å². The Morgan fingerprint density at radius 1 is 0.200 bits per heavy atom. The van der Waals surface area contributed by atoms with Crippen molar-refractivity contribution in [2.24, 2.45) is 0 Å². The Kier molecular flexibility index (Phi) is 8.33. The van der Waals surface area contributed by atoms with Crippen LogP contribution >= 0.6 is 0 Å². The molecule has 0 saturated carbocycles. The maximum atomic E-state index is 6.56. The summed E-state index contributed by atoms with van der Waals surface area (Å²) in [6, 6.07) is 87.6. The van der Waals surface area contributed by atoms with E-state index in [0.29, 0.717) is 0 Å². The van der Waals surface area contributed by atoms with Gasteiger partial charge in [-0.05, 0) is 148 Å². The Morgan fingerprint density at radius 3 is 0.843 bits per heavy atom. The fraction of sp³-hybridized carbons (Fsp3) is 0. The molecule has 0 atom stereocenters. The SMILES string of the molecule is c1ccc(-c2ccc3c(c2)c2cc(-c4ccc5oc6cc7oc8ccc(-c9ccc%10c(c9)c9cc(-c%11ccccc%11)ccc9n%10-c9ccccc9)cc8c7cc6c5c4)ccc2n3-c2ccccc2)cc1. The second kappa shape index (κ2) is 15.1. The molecule has 326 valence electrons. The number of nitrogens with zero attached hydrogens (tertiary/aromatic N) is 2. The van der Waals surface area contributed by atoms with E-state index in [-0.39, 0.29) is 0 Å². The van der Waals surface area contributed by atoms with Crippen LogP contribution in [0.5, 0.6) is 0 Å². The molecular weight excluding hydrogens is 853 g/mol. The van der Waals surface area contributed by atoms with Crippen molar-refractivity contribution < 1.29 is 8.83 Å². The van der Waals surface area contributed by atoms with Gasteiger partial charge in [0.25, 0.3) is 0 Å². The lowest BCUT2D eigenvalue weighted by Crippen LogP contribution is -1.93. The lowest BCUT2D eigenvalue weighted by atomic mass is 9.98. The van der Waals surface area contributed by atoms with Crippen LogP contribution < -0.4 is 0 Å². The first-order chi connectivity index (χ1) is 34.7. The van der Waals surface area contributed by atoms with E-state index < -0.39 is 0 Å². The van der Waals surface area contributed by atoms with Crippen molar-refractivity contribution in [3.8, 4) is 55.9 Å². The Bertz CT molecular complexity index is 4270. The highest BCUT2D eigenvalue weighted by molar-refractivity contribution is 6.17. The van der Waals surface area contributed by atoms with E-state index in [1.807, 2.05) is 0 Å². The topological polar surface area (TPSA) is 36.1 Å². The second-order valence-electron chi connectivity index (χ2n) is 18.5. The van der Waals surface area contributed by atoms with Gasteiger partial charge in [0.15, 0.2) is 0 Å². The van der Waals surface area contributed by atoms with E-state index in [1.54, 1.807) is 0 Å². The number of para-hydroxylation sites is 2. The molecule has 4 aromatic heterocycles. The van der Waals surface area contributed by atoms with Gasteiger partial charge >= 0.3 is 0 Å². The van der Waals surface area contributed by atoms with Crippen molar-refractivity contribution in [3.63, 3.8) is 0 Å². The number of benzene rings is 11. The van der Waals surface area contributed by atoms with E-state index in [9.17, 15) is 0 Å². The Hall–Kier alpha value is -9.38. The van der Waals surface area contributed by atoms with Crippen LogP contribution in [-0.4, -0.2) is 9.13 Å². The normalized spacial score (nSPS) is 12.0. The van der Waals surface area contributed by atoms with Gasteiger partial charge in [0.1, 0.15) is 22.3 Å². The van der Waals surface area contributed by atoms with Gasteiger partial charge in [-0.3, -0.25) is 0 Å². The maximum absolute atomic E-state index is 6.56. The zero-order chi connectivity index (χ0) is 45.9. The zero-order valence-corrected chi connectivity index (χ0v) is 37.8. The number of rotatable bonds is 6. The van der Waals surface area contributed by atoms with Crippen molar-refractivity contribution in [1.29, 1.82) is 0 Å². The minimum absolute atomic E-state index is 0.809. The van der Waals surface area contributed by atoms with E-state index >= 15 is 0 Å². The van der Waals surface area contributed by atoms with Crippen molar-refractivity contribution in [2.75, 3.05) is 0 Å². The van der Waals surface area contributed by atoms with Gasteiger partial charge in [-0.15, -0.1) is 0 Å². The summed E-state index contributed by atoms with van der Waals surface area (Å²) in [5, 5.41) is 9.16. The quantitative estimate of drug-likeness (QED) is 0.167.